The molecule has 2 rings (SSSR count). The van der Waals surface area contributed by atoms with Crippen LogP contribution in [0.15, 0.2) is 23.8 Å². The summed E-state index contributed by atoms with van der Waals surface area (Å²) >= 11 is 1.55. The molecule has 0 atom stereocenters. The van der Waals surface area contributed by atoms with Gasteiger partial charge in [-0.25, -0.2) is 9.37 Å². The number of aryl methyl sites for hydroxylation is 1. The molecule has 2 aromatic rings. The summed E-state index contributed by atoms with van der Waals surface area (Å²) in [7, 11) is 0. The van der Waals surface area contributed by atoms with Gasteiger partial charge in [-0.05, 0) is 18.9 Å². The lowest BCUT2D eigenvalue weighted by molar-refractivity contribution is 0.191. The van der Waals surface area contributed by atoms with Gasteiger partial charge in [0.05, 0.1) is 11.2 Å². The molecule has 0 aliphatic rings. The van der Waals surface area contributed by atoms with E-state index in [-0.39, 0.29) is 0 Å². The van der Waals surface area contributed by atoms with Crippen LogP contribution < -0.4 is 4.74 Å². The number of nitrogens with zero attached hydrogens (tertiary/aromatic N) is 2. The Labute approximate surface area is 102 Å². The zero-order chi connectivity index (χ0) is 12.1. The van der Waals surface area contributed by atoms with Crippen LogP contribution in [-0.4, -0.2) is 16.8 Å². The summed E-state index contributed by atoms with van der Waals surface area (Å²) in [6, 6.07) is 1.64. The number of halogens is 1. The standard InChI is InChI=1S/C12H9FN2OS/c1-9-15-11(7-17-9)3-2-10-4-12(16-8-13)6-14-5-10/h4-7H,8H2,1H3. The molecule has 0 N–H and O–H groups in total. The molecule has 2 heterocycles. The molecule has 5 heteroatoms. The van der Waals surface area contributed by atoms with Gasteiger partial charge in [0.2, 0.25) is 6.86 Å². The van der Waals surface area contributed by atoms with Crippen molar-refractivity contribution in [3.63, 3.8) is 0 Å². The number of rotatable bonds is 2. The number of ether oxygens (including phenoxy) is 1. The second-order valence-corrected chi connectivity index (χ2v) is 4.23. The van der Waals surface area contributed by atoms with E-state index in [0.29, 0.717) is 11.3 Å². The highest BCUT2D eigenvalue weighted by molar-refractivity contribution is 7.09. The molecule has 0 aliphatic heterocycles. The van der Waals surface area contributed by atoms with Crippen LogP contribution in [0.1, 0.15) is 16.3 Å². The Morgan fingerprint density at radius 2 is 2.29 bits per heavy atom. The first-order chi connectivity index (χ1) is 8.28. The second-order valence-electron chi connectivity index (χ2n) is 3.16. The Morgan fingerprint density at radius 3 is 3.00 bits per heavy atom. The van der Waals surface area contributed by atoms with Crippen LogP contribution in [0, 0.1) is 18.8 Å². The van der Waals surface area contributed by atoms with E-state index in [1.54, 1.807) is 23.6 Å². The van der Waals surface area contributed by atoms with E-state index in [1.165, 1.54) is 6.20 Å². The molecule has 0 amide bonds. The maximum Gasteiger partial charge on any atom is 0.228 e. The van der Waals surface area contributed by atoms with Gasteiger partial charge >= 0.3 is 0 Å². The molecule has 0 unspecified atom stereocenters. The Hall–Kier alpha value is -1.93. The van der Waals surface area contributed by atoms with Gasteiger partial charge in [0.1, 0.15) is 11.4 Å². The van der Waals surface area contributed by atoms with E-state index < -0.39 is 6.86 Å². The van der Waals surface area contributed by atoms with Crippen molar-refractivity contribution in [1.82, 2.24) is 9.97 Å². The fourth-order valence-electron chi connectivity index (χ4n) is 1.19. The predicted molar refractivity (Wildman–Crippen MR) is 63.7 cm³/mol. The third-order valence-electron chi connectivity index (χ3n) is 1.89. The molecular weight excluding hydrogens is 239 g/mol. The van der Waals surface area contributed by atoms with Gasteiger partial charge < -0.3 is 4.74 Å². The highest BCUT2D eigenvalue weighted by Gasteiger charge is 1.96. The van der Waals surface area contributed by atoms with Crippen LogP contribution in [0.2, 0.25) is 0 Å². The Balaban J connectivity index is 2.18. The first kappa shape index (κ1) is 11.6. The summed E-state index contributed by atoms with van der Waals surface area (Å²) in [4.78, 5) is 8.13. The summed E-state index contributed by atoms with van der Waals surface area (Å²) in [6.07, 6.45) is 3.04. The van der Waals surface area contributed by atoms with Crippen molar-refractivity contribution in [3.05, 3.63) is 40.1 Å². The summed E-state index contributed by atoms with van der Waals surface area (Å²) < 4.78 is 16.7. The van der Waals surface area contributed by atoms with E-state index in [9.17, 15) is 4.39 Å². The highest BCUT2D eigenvalue weighted by Crippen LogP contribution is 2.11. The van der Waals surface area contributed by atoms with Crippen molar-refractivity contribution in [2.45, 2.75) is 6.92 Å². The smallest absolute Gasteiger partial charge is 0.228 e. The zero-order valence-electron chi connectivity index (χ0n) is 9.11. The van der Waals surface area contributed by atoms with Crippen molar-refractivity contribution in [2.24, 2.45) is 0 Å². The quantitative estimate of drug-likeness (QED) is 0.766. The lowest BCUT2D eigenvalue weighted by atomic mass is 10.3. The number of thiazole rings is 1. The average Bonchev–Trinajstić information content (AvgIpc) is 2.74. The zero-order valence-corrected chi connectivity index (χ0v) is 9.92. The highest BCUT2D eigenvalue weighted by atomic mass is 32.1. The van der Waals surface area contributed by atoms with Crippen molar-refractivity contribution < 1.29 is 9.13 Å². The third kappa shape index (κ3) is 3.26. The Kier molecular flexibility index (Phi) is 3.68. The minimum Gasteiger partial charge on any atom is -0.461 e. The normalized spacial score (nSPS) is 9.53. The maximum absolute atomic E-state index is 12.0. The largest absolute Gasteiger partial charge is 0.461 e. The molecule has 17 heavy (non-hydrogen) atoms. The topological polar surface area (TPSA) is 35.0 Å². The predicted octanol–water partition coefficient (Wildman–Crippen LogP) is 2.55. The lowest BCUT2D eigenvalue weighted by Crippen LogP contribution is -1.91. The van der Waals surface area contributed by atoms with Crippen molar-refractivity contribution >= 4 is 11.3 Å². The first-order valence-electron chi connectivity index (χ1n) is 4.86. The van der Waals surface area contributed by atoms with Crippen LogP contribution >= 0.6 is 11.3 Å². The lowest BCUT2D eigenvalue weighted by Gasteiger charge is -1.99. The van der Waals surface area contributed by atoms with Crippen LogP contribution in [0.4, 0.5) is 4.39 Å². The van der Waals surface area contributed by atoms with Gasteiger partial charge in [-0.15, -0.1) is 11.3 Å². The van der Waals surface area contributed by atoms with E-state index in [4.69, 9.17) is 4.74 Å². The Bertz CT molecular complexity index is 571. The van der Waals surface area contributed by atoms with Gasteiger partial charge in [-0.3, -0.25) is 4.98 Å². The molecule has 0 aromatic carbocycles. The average molecular weight is 248 g/mol. The SMILES string of the molecule is Cc1nc(C#Cc2cncc(OCF)c2)cs1. The molecule has 0 saturated carbocycles. The van der Waals surface area contributed by atoms with Crippen LogP contribution in [0.25, 0.3) is 0 Å². The summed E-state index contributed by atoms with van der Waals surface area (Å²) in [5.41, 5.74) is 1.39. The number of hydrogen-bond donors (Lipinski definition) is 0. The number of aromatic nitrogens is 2. The molecule has 3 nitrogen and oxygen atoms in total. The first-order valence-corrected chi connectivity index (χ1v) is 5.74. The molecule has 0 spiro atoms. The van der Waals surface area contributed by atoms with Crippen molar-refractivity contribution in [1.29, 1.82) is 0 Å². The molecule has 0 bridgehead atoms. The molecule has 0 saturated heterocycles. The number of pyridine rings is 1. The van der Waals surface area contributed by atoms with Gasteiger partial charge in [0, 0.05) is 17.1 Å². The number of hydrogen-bond acceptors (Lipinski definition) is 4. The van der Waals surface area contributed by atoms with E-state index in [2.05, 4.69) is 21.8 Å². The van der Waals surface area contributed by atoms with E-state index >= 15 is 0 Å². The second kappa shape index (κ2) is 5.41. The summed E-state index contributed by atoms with van der Waals surface area (Å²) in [5.74, 6) is 6.18. The van der Waals surface area contributed by atoms with Crippen LogP contribution in [-0.2, 0) is 0 Å². The third-order valence-corrected chi connectivity index (χ3v) is 2.66. The molecule has 86 valence electrons. The fourth-order valence-corrected chi connectivity index (χ4v) is 1.73. The molecule has 2 aromatic heterocycles. The van der Waals surface area contributed by atoms with E-state index in [0.717, 1.165) is 10.7 Å². The monoisotopic (exact) mass is 248 g/mol. The Morgan fingerprint density at radius 1 is 1.41 bits per heavy atom. The van der Waals surface area contributed by atoms with Crippen LogP contribution in [0.5, 0.6) is 5.75 Å². The van der Waals surface area contributed by atoms with Crippen molar-refractivity contribution in [3.8, 4) is 17.6 Å². The van der Waals surface area contributed by atoms with Gasteiger partial charge in [0.25, 0.3) is 0 Å². The van der Waals surface area contributed by atoms with Crippen molar-refractivity contribution in [2.75, 3.05) is 6.86 Å². The number of alkyl halides is 1. The fraction of sp³-hybridized carbons (Fsp3) is 0.167. The van der Waals surface area contributed by atoms with Gasteiger partial charge in [0.15, 0.2) is 0 Å². The minimum atomic E-state index is -0.871. The van der Waals surface area contributed by atoms with Crippen LogP contribution in [0.3, 0.4) is 0 Å². The maximum atomic E-state index is 12.0. The molecule has 0 radical (unpaired) electrons. The minimum absolute atomic E-state index is 0.369. The summed E-state index contributed by atoms with van der Waals surface area (Å²) in [5, 5.41) is 2.86. The van der Waals surface area contributed by atoms with E-state index in [1.807, 2.05) is 12.3 Å². The van der Waals surface area contributed by atoms with Gasteiger partial charge in [-0.2, -0.15) is 0 Å². The molecule has 0 fully saturated rings. The molecular formula is C12H9FN2OS. The molecule has 0 aliphatic carbocycles. The van der Waals surface area contributed by atoms with Gasteiger partial charge in [-0.1, -0.05) is 5.92 Å². The summed E-state index contributed by atoms with van der Waals surface area (Å²) in [6.45, 7) is 1.05.